The summed E-state index contributed by atoms with van der Waals surface area (Å²) >= 11 is 0. The lowest BCUT2D eigenvalue weighted by molar-refractivity contribution is -0.144. The molecule has 42 heavy (non-hydrogen) atoms. The van der Waals surface area contributed by atoms with Crippen LogP contribution in [0, 0.1) is 0 Å². The largest absolute Gasteiger partial charge is 0.507 e. The van der Waals surface area contributed by atoms with Crippen molar-refractivity contribution in [3.8, 4) is 0 Å². The van der Waals surface area contributed by atoms with Crippen molar-refractivity contribution in [1.29, 1.82) is 0 Å². The molecule has 0 aliphatic carbocycles. The number of hydrogen-bond acceptors (Lipinski definition) is 7. The predicted molar refractivity (Wildman–Crippen MR) is 155 cm³/mol. The second-order valence-corrected chi connectivity index (χ2v) is 12.5. The first-order valence-electron chi connectivity index (χ1n) is 13.9. The van der Waals surface area contributed by atoms with Crippen LogP contribution in [0.5, 0.6) is 0 Å². The van der Waals surface area contributed by atoms with Crippen LogP contribution in [-0.2, 0) is 36.5 Å². The van der Waals surface area contributed by atoms with Crippen LogP contribution in [0.2, 0.25) is 0 Å². The fourth-order valence-corrected chi connectivity index (χ4v) is 7.84. The number of fused-ring (bicyclic) bond motifs is 2. The molecule has 2 saturated heterocycles. The first kappa shape index (κ1) is 27.8. The number of carbonyl (C=O) groups is 3. The van der Waals surface area contributed by atoms with Crippen LogP contribution in [0.25, 0.3) is 5.76 Å². The Labute approximate surface area is 243 Å². The third-order valence-electron chi connectivity index (χ3n) is 8.25. The summed E-state index contributed by atoms with van der Waals surface area (Å²) in [5.41, 5.74) is -0.824. The van der Waals surface area contributed by atoms with Crippen molar-refractivity contribution >= 4 is 39.1 Å². The van der Waals surface area contributed by atoms with Gasteiger partial charge in [-0.1, -0.05) is 42.8 Å². The van der Waals surface area contributed by atoms with Gasteiger partial charge in [0.25, 0.3) is 17.6 Å². The maximum atomic E-state index is 14.4. The van der Waals surface area contributed by atoms with Gasteiger partial charge in [0, 0.05) is 49.7 Å². The number of aliphatic hydroxyl groups is 1. The summed E-state index contributed by atoms with van der Waals surface area (Å²) in [6.45, 7) is 2.73. The summed E-state index contributed by atoms with van der Waals surface area (Å²) < 4.78 is 28.3. The molecule has 1 N–H and O–H groups in total. The van der Waals surface area contributed by atoms with Crippen LogP contribution >= 0.6 is 0 Å². The average Bonchev–Trinajstić information content (AvgIpc) is 3.40. The van der Waals surface area contributed by atoms with E-state index in [9.17, 15) is 27.9 Å². The van der Waals surface area contributed by atoms with Gasteiger partial charge in [-0.05, 0) is 49.6 Å². The Kier molecular flexibility index (Phi) is 6.94. The molecule has 2 fully saturated rings. The van der Waals surface area contributed by atoms with Crippen molar-refractivity contribution in [2.24, 2.45) is 0 Å². The van der Waals surface area contributed by atoms with Gasteiger partial charge < -0.3 is 14.9 Å². The second kappa shape index (κ2) is 10.5. The molecule has 2 amide bonds. The van der Waals surface area contributed by atoms with E-state index in [1.54, 1.807) is 55.7 Å². The fraction of sp³-hybridized carbons (Fsp3) is 0.290. The number of benzene rings is 2. The SMILES string of the molecule is CCN1C(=O)C2(/C(=C(/O)c3cccc(S(=O)(=O)N4CCCCC4)c3)C(=O)C(=O)N2Cc2cccnc2)c2ccccc21. The van der Waals surface area contributed by atoms with Crippen LogP contribution in [-0.4, -0.2) is 64.9 Å². The molecule has 1 unspecified atom stereocenters. The zero-order valence-electron chi connectivity index (χ0n) is 23.1. The Balaban J connectivity index is 1.57. The zero-order valence-corrected chi connectivity index (χ0v) is 23.9. The minimum absolute atomic E-state index is 0.0204. The molecule has 11 heteroatoms. The van der Waals surface area contributed by atoms with Crippen molar-refractivity contribution in [3.63, 3.8) is 0 Å². The van der Waals surface area contributed by atoms with E-state index in [1.807, 2.05) is 0 Å². The van der Waals surface area contributed by atoms with Crippen molar-refractivity contribution in [2.45, 2.75) is 43.2 Å². The zero-order chi connectivity index (χ0) is 29.6. The van der Waals surface area contributed by atoms with Crippen LogP contribution in [0.1, 0.15) is 42.9 Å². The first-order chi connectivity index (χ1) is 20.2. The molecule has 1 spiro atoms. The Morgan fingerprint density at radius 1 is 0.976 bits per heavy atom. The Hall–Kier alpha value is -4.35. The Morgan fingerprint density at radius 2 is 1.74 bits per heavy atom. The first-order valence-corrected chi connectivity index (χ1v) is 15.4. The summed E-state index contributed by atoms with van der Waals surface area (Å²) in [4.78, 5) is 48.7. The molecule has 6 rings (SSSR count). The number of carbonyl (C=O) groups excluding carboxylic acids is 3. The number of likely N-dealkylation sites (tertiary alicyclic amines) is 1. The Bertz CT molecular complexity index is 1730. The van der Waals surface area contributed by atoms with Crippen LogP contribution in [0.4, 0.5) is 5.69 Å². The minimum Gasteiger partial charge on any atom is -0.507 e. The number of rotatable bonds is 6. The minimum atomic E-state index is -3.86. The molecule has 2 aromatic carbocycles. The lowest BCUT2D eigenvalue weighted by atomic mass is 9.81. The van der Waals surface area contributed by atoms with Crippen molar-refractivity contribution in [3.05, 3.63) is 95.3 Å². The van der Waals surface area contributed by atoms with Gasteiger partial charge in [0.2, 0.25) is 10.0 Å². The molecule has 1 aromatic heterocycles. The van der Waals surface area contributed by atoms with Crippen LogP contribution < -0.4 is 4.90 Å². The van der Waals surface area contributed by atoms with E-state index < -0.39 is 44.5 Å². The third kappa shape index (κ3) is 4.06. The van der Waals surface area contributed by atoms with Crippen molar-refractivity contribution in [1.82, 2.24) is 14.2 Å². The molecule has 0 bridgehead atoms. The van der Waals surface area contributed by atoms with E-state index in [0.29, 0.717) is 29.9 Å². The molecule has 0 radical (unpaired) electrons. The van der Waals surface area contributed by atoms with E-state index in [0.717, 1.165) is 19.3 Å². The molecule has 216 valence electrons. The van der Waals surface area contributed by atoms with E-state index >= 15 is 0 Å². The number of piperidine rings is 1. The third-order valence-corrected chi connectivity index (χ3v) is 10.1. The number of Topliss-reactive ketones (excluding diaryl/α,β-unsaturated/α-hetero) is 1. The van der Waals surface area contributed by atoms with E-state index in [1.165, 1.54) is 38.4 Å². The number of amides is 2. The maximum Gasteiger partial charge on any atom is 0.296 e. The molecule has 3 aliphatic rings. The highest BCUT2D eigenvalue weighted by Crippen LogP contribution is 2.54. The number of nitrogens with zero attached hydrogens (tertiary/aromatic N) is 4. The summed E-state index contributed by atoms with van der Waals surface area (Å²) in [6.07, 6.45) is 5.60. The number of hydrogen-bond donors (Lipinski definition) is 1. The van der Waals surface area contributed by atoms with Gasteiger partial charge >= 0.3 is 0 Å². The van der Waals surface area contributed by atoms with Gasteiger partial charge in [-0.3, -0.25) is 19.4 Å². The normalized spacial score (nSPS) is 22.3. The highest BCUT2D eigenvalue weighted by molar-refractivity contribution is 7.89. The lowest BCUT2D eigenvalue weighted by Gasteiger charge is -2.34. The van der Waals surface area contributed by atoms with Crippen molar-refractivity contribution < 1.29 is 27.9 Å². The highest BCUT2D eigenvalue weighted by atomic mass is 32.2. The van der Waals surface area contributed by atoms with Gasteiger partial charge in [-0.2, -0.15) is 4.31 Å². The summed E-state index contributed by atoms with van der Waals surface area (Å²) in [5, 5.41) is 11.8. The maximum absolute atomic E-state index is 14.4. The number of aromatic nitrogens is 1. The standard InChI is InChI=1S/C31H30N4O6S/c1-2-34-25-14-5-4-13-24(25)31(30(34)39)26(28(37)29(38)35(31)20-21-10-9-15-32-19-21)27(36)22-11-8-12-23(18-22)42(40,41)33-16-6-3-7-17-33/h4-5,8-15,18-19,36H,2-3,6-7,16-17,20H2,1H3/b27-26+. The van der Waals surface area contributed by atoms with Crippen LogP contribution in [0.3, 0.4) is 0 Å². The number of pyridine rings is 1. The second-order valence-electron chi connectivity index (χ2n) is 10.6. The van der Waals surface area contributed by atoms with Crippen molar-refractivity contribution in [2.75, 3.05) is 24.5 Å². The quantitative estimate of drug-likeness (QED) is 0.266. The average molecular weight is 587 g/mol. The molecule has 3 aliphatic heterocycles. The smallest absolute Gasteiger partial charge is 0.296 e. The topological polar surface area (TPSA) is 128 Å². The van der Waals surface area contributed by atoms with E-state index in [-0.39, 0.29) is 23.5 Å². The molecule has 3 aromatic rings. The summed E-state index contributed by atoms with van der Waals surface area (Å²) in [7, 11) is -3.86. The highest BCUT2D eigenvalue weighted by Gasteiger charge is 2.67. The van der Waals surface area contributed by atoms with Gasteiger partial charge in [0.15, 0.2) is 5.54 Å². The fourth-order valence-electron chi connectivity index (χ4n) is 6.28. The number of sulfonamides is 1. The van der Waals surface area contributed by atoms with Gasteiger partial charge in [0.05, 0.1) is 16.2 Å². The molecular formula is C31H30N4O6S. The van der Waals surface area contributed by atoms with Gasteiger partial charge in [-0.25, -0.2) is 8.42 Å². The molecule has 10 nitrogen and oxygen atoms in total. The summed E-state index contributed by atoms with van der Waals surface area (Å²) in [6, 6.07) is 16.0. The number of aliphatic hydroxyl groups excluding tert-OH is 1. The number of para-hydroxylation sites is 1. The number of likely N-dealkylation sites (N-methyl/N-ethyl adjacent to an activating group) is 1. The molecule has 0 saturated carbocycles. The van der Waals surface area contributed by atoms with Gasteiger partial charge in [0.1, 0.15) is 5.76 Å². The molecule has 4 heterocycles. The van der Waals surface area contributed by atoms with Gasteiger partial charge in [-0.15, -0.1) is 0 Å². The predicted octanol–water partition coefficient (Wildman–Crippen LogP) is 3.40. The number of anilines is 1. The summed E-state index contributed by atoms with van der Waals surface area (Å²) in [5.74, 6) is -3.13. The molecule has 1 atom stereocenters. The van der Waals surface area contributed by atoms with Crippen LogP contribution in [0.15, 0.2) is 83.5 Å². The molecular weight excluding hydrogens is 556 g/mol. The number of ketones is 1. The Morgan fingerprint density at radius 3 is 2.45 bits per heavy atom. The monoisotopic (exact) mass is 586 g/mol. The lowest BCUT2D eigenvalue weighted by Crippen LogP contribution is -2.51. The van der Waals surface area contributed by atoms with E-state index in [4.69, 9.17) is 0 Å². The van der Waals surface area contributed by atoms with E-state index in [2.05, 4.69) is 4.98 Å².